The highest BCUT2D eigenvalue weighted by Gasteiger charge is 2.38. The molecule has 8 heteroatoms. The first-order chi connectivity index (χ1) is 8.43. The van der Waals surface area contributed by atoms with E-state index in [1.165, 1.54) is 0 Å². The highest BCUT2D eigenvalue weighted by molar-refractivity contribution is 5.73. The topological polar surface area (TPSA) is 58.6 Å². The molecular weight excluding hydrogens is 234 g/mol. The van der Waals surface area contributed by atoms with Gasteiger partial charge < -0.3 is 15.2 Å². The van der Waals surface area contributed by atoms with Crippen LogP contribution in [0.1, 0.15) is 10.5 Å². The van der Waals surface area contributed by atoms with Gasteiger partial charge in [-0.3, -0.25) is 0 Å². The average Bonchev–Trinajstić information content (AvgIpc) is 2.19. The Bertz CT molecular complexity index is 298. The van der Waals surface area contributed by atoms with Crippen molar-refractivity contribution in [1.29, 1.82) is 0 Å². The van der Waals surface area contributed by atoms with Crippen molar-refractivity contribution < 1.29 is 36.3 Å². The van der Waals surface area contributed by atoms with E-state index in [4.69, 9.17) is 14.0 Å². The van der Waals surface area contributed by atoms with Crippen LogP contribution < -0.4 is 5.32 Å². The quantitative estimate of drug-likeness (QED) is 0.681. The van der Waals surface area contributed by atoms with E-state index in [-0.39, 0.29) is 6.54 Å². The number of nitrogens with one attached hydrogen (secondary N) is 1. The monoisotopic (exact) mass is 250 g/mol. The summed E-state index contributed by atoms with van der Waals surface area (Å²) >= 11 is 0. The van der Waals surface area contributed by atoms with Crippen LogP contribution in [0.4, 0.5) is 17.6 Å². The van der Waals surface area contributed by atoms with Crippen LogP contribution in [0.5, 0.6) is 0 Å². The van der Waals surface area contributed by atoms with E-state index in [9.17, 15) is 17.6 Å². The molecule has 96 valence electrons. The third-order valence-electron chi connectivity index (χ3n) is 1.74. The summed E-state index contributed by atoms with van der Waals surface area (Å²) < 4.78 is 69.6. The number of rotatable bonds is 1. The first-order valence-electron chi connectivity index (χ1n) is 5.76. The van der Waals surface area contributed by atoms with Crippen molar-refractivity contribution in [2.45, 2.75) is 24.9 Å². The van der Waals surface area contributed by atoms with E-state index in [2.05, 4.69) is 10.1 Å². The van der Waals surface area contributed by atoms with E-state index in [0.717, 1.165) is 0 Å². The molecule has 0 saturated carbocycles. The minimum Gasteiger partial charge on any atom is -0.475 e. The maximum Gasteiger partial charge on any atom is 0.490 e. The van der Waals surface area contributed by atoms with Gasteiger partial charge in [0.05, 0.1) is 10.2 Å². The molecule has 0 bridgehead atoms. The second-order valence-corrected chi connectivity index (χ2v) is 2.97. The lowest BCUT2D eigenvalue weighted by molar-refractivity contribution is -0.192. The molecule has 0 spiro atoms. The van der Waals surface area contributed by atoms with Gasteiger partial charge in [0.15, 0.2) is 0 Å². The van der Waals surface area contributed by atoms with Crippen molar-refractivity contribution in [3.63, 3.8) is 0 Å². The van der Waals surface area contributed by atoms with Gasteiger partial charge in [0, 0.05) is 13.6 Å². The number of ether oxygens (including phenoxy) is 1. The largest absolute Gasteiger partial charge is 0.490 e. The molecular formula is C8H13F4NO3. The Morgan fingerprint density at radius 2 is 2.19 bits per heavy atom. The molecule has 0 radical (unpaired) electrons. The second kappa shape index (κ2) is 6.64. The van der Waals surface area contributed by atoms with Crippen LogP contribution in [0.15, 0.2) is 0 Å². The van der Waals surface area contributed by atoms with E-state index in [1.807, 2.05) is 0 Å². The Kier molecular flexibility index (Phi) is 4.26. The number of carbonyl (C=O) groups is 1. The van der Waals surface area contributed by atoms with Crippen molar-refractivity contribution >= 4 is 5.97 Å². The lowest BCUT2D eigenvalue weighted by Crippen LogP contribution is -2.42. The van der Waals surface area contributed by atoms with Crippen LogP contribution >= 0.6 is 0 Å². The Morgan fingerprint density at radius 3 is 2.56 bits per heavy atom. The molecule has 1 saturated heterocycles. The van der Waals surface area contributed by atoms with Crippen molar-refractivity contribution in [1.82, 2.24) is 5.32 Å². The van der Waals surface area contributed by atoms with Gasteiger partial charge in [0.1, 0.15) is 6.17 Å². The number of halogens is 4. The Labute approximate surface area is 93.8 Å². The minimum absolute atomic E-state index is 0.181. The molecule has 0 unspecified atom stereocenters. The van der Waals surface area contributed by atoms with E-state index in [0.29, 0.717) is 13.0 Å². The molecule has 0 aromatic heterocycles. The number of aliphatic carboxylic acids is 1. The number of carboxylic acid groups (broad SMARTS) is 1. The third kappa shape index (κ3) is 5.86. The van der Waals surface area contributed by atoms with Crippen LogP contribution in [-0.4, -0.2) is 49.7 Å². The SMILES string of the molecule is O=C(O)C(F)(F)F.[2H]C([2H])([2H])O[C@@H]1CCNC[C@@H]1F. The van der Waals surface area contributed by atoms with Crippen molar-refractivity contribution in [2.75, 3.05) is 20.1 Å². The molecule has 0 aromatic carbocycles. The van der Waals surface area contributed by atoms with Gasteiger partial charge in [0.25, 0.3) is 0 Å². The highest BCUT2D eigenvalue weighted by atomic mass is 19.4. The molecule has 1 aliphatic heterocycles. The minimum atomic E-state index is -5.08. The van der Waals surface area contributed by atoms with E-state index >= 15 is 0 Å². The van der Waals surface area contributed by atoms with E-state index in [1.54, 1.807) is 0 Å². The van der Waals surface area contributed by atoms with Crippen molar-refractivity contribution in [3.05, 3.63) is 0 Å². The lowest BCUT2D eigenvalue weighted by atomic mass is 10.1. The Balaban J connectivity index is 0.000000399. The predicted octanol–water partition coefficient (Wildman–Crippen LogP) is 0.966. The molecule has 1 aliphatic rings. The van der Waals surface area contributed by atoms with Gasteiger partial charge in [-0.15, -0.1) is 0 Å². The smallest absolute Gasteiger partial charge is 0.475 e. The number of piperidine rings is 1. The zero-order valence-corrected chi connectivity index (χ0v) is 8.05. The van der Waals surface area contributed by atoms with Crippen LogP contribution in [0.2, 0.25) is 0 Å². The summed E-state index contributed by atoms with van der Waals surface area (Å²) in [5, 5.41) is 9.94. The molecule has 2 N–H and O–H groups in total. The summed E-state index contributed by atoms with van der Waals surface area (Å²) in [5.74, 6) is -2.76. The average molecular weight is 250 g/mol. The summed E-state index contributed by atoms with van der Waals surface area (Å²) in [7, 11) is -2.48. The van der Waals surface area contributed by atoms with Crippen LogP contribution in [0, 0.1) is 0 Å². The Morgan fingerprint density at radius 1 is 1.62 bits per heavy atom. The molecule has 0 aliphatic carbocycles. The summed E-state index contributed by atoms with van der Waals surface area (Å²) in [4.78, 5) is 8.90. The molecule has 1 fully saturated rings. The molecule has 0 aromatic rings. The maximum absolute atomic E-state index is 12.9. The molecule has 1 rings (SSSR count). The van der Waals surface area contributed by atoms with E-state index < -0.39 is 31.5 Å². The number of alkyl halides is 4. The third-order valence-corrected chi connectivity index (χ3v) is 1.74. The fraction of sp³-hybridized carbons (Fsp3) is 0.875. The van der Waals surface area contributed by atoms with Gasteiger partial charge in [0.2, 0.25) is 0 Å². The van der Waals surface area contributed by atoms with Gasteiger partial charge in [-0.1, -0.05) is 0 Å². The zero-order chi connectivity index (χ0) is 15.3. The standard InChI is InChI=1S/C6H12FNO.C2HF3O2/c1-9-6-2-3-8-4-5(6)7;3-2(4,5)1(6)7/h5-6,8H,2-4H2,1H3;(H,6,7)/t5-,6+;/m0./s1/i1D3;. The lowest BCUT2D eigenvalue weighted by Gasteiger charge is -2.24. The maximum atomic E-state index is 12.9. The summed E-state index contributed by atoms with van der Waals surface area (Å²) in [5.41, 5.74) is 0. The first-order valence-corrected chi connectivity index (χ1v) is 4.26. The van der Waals surface area contributed by atoms with Crippen LogP contribution in [0.3, 0.4) is 0 Å². The number of hydrogen-bond donors (Lipinski definition) is 2. The summed E-state index contributed by atoms with van der Waals surface area (Å²) in [6.45, 7) is 0.794. The normalized spacial score (nSPS) is 29.1. The zero-order valence-electron chi connectivity index (χ0n) is 11.1. The second-order valence-electron chi connectivity index (χ2n) is 2.97. The van der Waals surface area contributed by atoms with Crippen molar-refractivity contribution in [2.24, 2.45) is 0 Å². The van der Waals surface area contributed by atoms with Crippen molar-refractivity contribution in [3.8, 4) is 0 Å². The van der Waals surface area contributed by atoms with Gasteiger partial charge in [-0.25, -0.2) is 9.18 Å². The molecule has 16 heavy (non-hydrogen) atoms. The number of carboxylic acids is 1. The van der Waals surface area contributed by atoms with Gasteiger partial charge >= 0.3 is 12.1 Å². The summed E-state index contributed by atoms with van der Waals surface area (Å²) in [6, 6.07) is 0. The Hall–Kier alpha value is -0.890. The highest BCUT2D eigenvalue weighted by Crippen LogP contribution is 2.13. The van der Waals surface area contributed by atoms with Crippen LogP contribution in [0.25, 0.3) is 0 Å². The number of hydrogen-bond acceptors (Lipinski definition) is 3. The first kappa shape index (κ1) is 10.3. The fourth-order valence-electron chi connectivity index (χ4n) is 0.929. The van der Waals surface area contributed by atoms with Gasteiger partial charge in [-0.05, 0) is 13.0 Å². The summed E-state index contributed by atoms with van der Waals surface area (Å²) in [6.07, 6.45) is -6.66. The fourth-order valence-corrected chi connectivity index (χ4v) is 0.929. The molecule has 0 amide bonds. The molecule has 1 heterocycles. The van der Waals surface area contributed by atoms with Crippen LogP contribution in [-0.2, 0) is 9.53 Å². The molecule has 4 nitrogen and oxygen atoms in total. The number of methoxy groups -OCH3 is 1. The predicted molar refractivity (Wildman–Crippen MR) is 46.9 cm³/mol. The molecule has 2 atom stereocenters. The van der Waals surface area contributed by atoms with Gasteiger partial charge in [-0.2, -0.15) is 13.2 Å².